The summed E-state index contributed by atoms with van der Waals surface area (Å²) >= 11 is 5.82. The number of aromatic nitrogens is 2. The first-order valence-electron chi connectivity index (χ1n) is 7.27. The molecule has 0 aliphatic rings. The first-order chi connectivity index (χ1) is 11.6. The molecule has 0 saturated heterocycles. The van der Waals surface area contributed by atoms with E-state index in [2.05, 4.69) is 15.5 Å². The SMILES string of the molecule is CN(Cc1nnc(-c2ccccc2)o1)C(=O)Nc1ccc(Cl)cc1. The fraction of sp³-hybridized carbons (Fsp3) is 0.118. The molecule has 1 N–H and O–H groups in total. The molecule has 0 unspecified atom stereocenters. The summed E-state index contributed by atoms with van der Waals surface area (Å²) in [7, 11) is 1.65. The molecule has 122 valence electrons. The minimum atomic E-state index is -0.281. The lowest BCUT2D eigenvalue weighted by Gasteiger charge is -2.15. The Hall–Kier alpha value is -2.86. The molecule has 2 amide bonds. The molecule has 3 aromatic rings. The van der Waals surface area contributed by atoms with Crippen molar-refractivity contribution in [2.75, 3.05) is 12.4 Å². The van der Waals surface area contributed by atoms with E-state index in [-0.39, 0.29) is 12.6 Å². The maximum absolute atomic E-state index is 12.2. The van der Waals surface area contributed by atoms with Gasteiger partial charge in [0.15, 0.2) is 0 Å². The summed E-state index contributed by atoms with van der Waals surface area (Å²) in [5.74, 6) is 0.791. The van der Waals surface area contributed by atoms with Crippen molar-refractivity contribution in [1.82, 2.24) is 15.1 Å². The highest BCUT2D eigenvalue weighted by Gasteiger charge is 2.14. The Morgan fingerprint density at radius 2 is 1.83 bits per heavy atom. The Labute approximate surface area is 144 Å². The summed E-state index contributed by atoms with van der Waals surface area (Å²) < 4.78 is 5.60. The summed E-state index contributed by atoms with van der Waals surface area (Å²) in [6, 6.07) is 16.1. The van der Waals surface area contributed by atoms with Crippen molar-refractivity contribution in [2.24, 2.45) is 0 Å². The van der Waals surface area contributed by atoms with Crippen molar-refractivity contribution in [2.45, 2.75) is 6.54 Å². The number of carbonyl (C=O) groups is 1. The maximum Gasteiger partial charge on any atom is 0.322 e. The van der Waals surface area contributed by atoms with Gasteiger partial charge < -0.3 is 14.6 Å². The fourth-order valence-corrected chi connectivity index (χ4v) is 2.17. The van der Waals surface area contributed by atoms with Crippen LogP contribution in [0.4, 0.5) is 10.5 Å². The van der Waals surface area contributed by atoms with Crippen LogP contribution in [0, 0.1) is 0 Å². The number of nitrogens with zero attached hydrogens (tertiary/aromatic N) is 3. The molecule has 0 bridgehead atoms. The lowest BCUT2D eigenvalue weighted by Crippen LogP contribution is -2.30. The first-order valence-corrected chi connectivity index (χ1v) is 7.65. The molecule has 0 fully saturated rings. The molecule has 3 rings (SSSR count). The van der Waals surface area contributed by atoms with Crippen LogP contribution in [0.3, 0.4) is 0 Å². The van der Waals surface area contributed by atoms with Gasteiger partial charge in [-0.05, 0) is 36.4 Å². The van der Waals surface area contributed by atoms with Crippen molar-refractivity contribution >= 4 is 23.3 Å². The van der Waals surface area contributed by atoms with Gasteiger partial charge in [-0.2, -0.15) is 0 Å². The van der Waals surface area contributed by atoms with E-state index in [4.69, 9.17) is 16.0 Å². The van der Waals surface area contributed by atoms with Crippen molar-refractivity contribution in [1.29, 1.82) is 0 Å². The van der Waals surface area contributed by atoms with Gasteiger partial charge in [-0.15, -0.1) is 10.2 Å². The molecule has 0 spiro atoms. The van der Waals surface area contributed by atoms with Crippen LogP contribution in [-0.4, -0.2) is 28.2 Å². The van der Waals surface area contributed by atoms with Crippen LogP contribution in [0.5, 0.6) is 0 Å². The van der Waals surface area contributed by atoms with E-state index in [0.717, 1.165) is 5.56 Å². The third-order valence-electron chi connectivity index (χ3n) is 3.30. The summed E-state index contributed by atoms with van der Waals surface area (Å²) in [4.78, 5) is 13.6. The number of halogens is 1. The van der Waals surface area contributed by atoms with Gasteiger partial charge in [-0.1, -0.05) is 29.8 Å². The standard InChI is InChI=1S/C17H15ClN4O2/c1-22(17(23)19-14-9-7-13(18)8-10-14)11-15-20-21-16(24-15)12-5-3-2-4-6-12/h2-10H,11H2,1H3,(H,19,23). The quantitative estimate of drug-likeness (QED) is 0.776. The zero-order chi connectivity index (χ0) is 16.9. The van der Waals surface area contributed by atoms with E-state index in [1.165, 1.54) is 4.90 Å². The average Bonchev–Trinajstić information content (AvgIpc) is 3.06. The number of hydrogen-bond acceptors (Lipinski definition) is 4. The molecule has 7 heteroatoms. The third kappa shape index (κ3) is 3.91. The third-order valence-corrected chi connectivity index (χ3v) is 3.55. The average molecular weight is 343 g/mol. The molecule has 1 aromatic heterocycles. The predicted molar refractivity (Wildman–Crippen MR) is 91.7 cm³/mol. The second-order valence-corrected chi connectivity index (χ2v) is 5.60. The van der Waals surface area contributed by atoms with E-state index < -0.39 is 0 Å². The van der Waals surface area contributed by atoms with Gasteiger partial charge in [0.05, 0.1) is 0 Å². The van der Waals surface area contributed by atoms with Crippen LogP contribution < -0.4 is 5.32 Å². The molecule has 0 aliphatic carbocycles. The van der Waals surface area contributed by atoms with E-state index in [9.17, 15) is 4.79 Å². The largest absolute Gasteiger partial charge is 0.419 e. The Bertz CT molecular complexity index is 818. The van der Waals surface area contributed by atoms with Gasteiger partial charge in [-0.25, -0.2) is 4.79 Å². The number of benzene rings is 2. The monoisotopic (exact) mass is 342 g/mol. The normalized spacial score (nSPS) is 10.4. The Morgan fingerprint density at radius 3 is 2.54 bits per heavy atom. The minimum Gasteiger partial charge on any atom is -0.419 e. The Morgan fingerprint density at radius 1 is 1.12 bits per heavy atom. The van der Waals surface area contributed by atoms with Crippen molar-refractivity contribution in [3.63, 3.8) is 0 Å². The van der Waals surface area contributed by atoms with Gasteiger partial charge in [-0.3, -0.25) is 0 Å². The smallest absolute Gasteiger partial charge is 0.322 e. The number of nitrogens with one attached hydrogen (secondary N) is 1. The Kier molecular flexibility index (Phi) is 4.77. The number of amides is 2. The summed E-state index contributed by atoms with van der Waals surface area (Å²) in [5, 5.41) is 11.4. The summed E-state index contributed by atoms with van der Waals surface area (Å²) in [6.45, 7) is 0.208. The van der Waals surface area contributed by atoms with Crippen LogP contribution in [0.25, 0.3) is 11.5 Å². The van der Waals surface area contributed by atoms with E-state index in [1.54, 1.807) is 31.3 Å². The van der Waals surface area contributed by atoms with E-state index >= 15 is 0 Å². The van der Waals surface area contributed by atoms with Crippen molar-refractivity contribution < 1.29 is 9.21 Å². The lowest BCUT2D eigenvalue weighted by atomic mass is 10.2. The van der Waals surface area contributed by atoms with Crippen molar-refractivity contribution in [3.05, 3.63) is 65.5 Å². The number of rotatable bonds is 4. The lowest BCUT2D eigenvalue weighted by molar-refractivity contribution is 0.216. The molecule has 0 saturated carbocycles. The highest BCUT2D eigenvalue weighted by Crippen LogP contribution is 2.18. The second-order valence-electron chi connectivity index (χ2n) is 5.16. The fourth-order valence-electron chi connectivity index (χ4n) is 2.04. The highest BCUT2D eigenvalue weighted by atomic mass is 35.5. The molecule has 6 nitrogen and oxygen atoms in total. The van der Waals surface area contributed by atoms with Crippen LogP contribution >= 0.6 is 11.6 Å². The van der Waals surface area contributed by atoms with Gasteiger partial charge >= 0.3 is 6.03 Å². The van der Waals surface area contributed by atoms with Crippen LogP contribution in [0.15, 0.2) is 59.0 Å². The predicted octanol–water partition coefficient (Wildman–Crippen LogP) is 4.05. The zero-order valence-corrected chi connectivity index (χ0v) is 13.7. The second kappa shape index (κ2) is 7.14. The molecule has 2 aromatic carbocycles. The van der Waals surface area contributed by atoms with Gasteiger partial charge in [0.2, 0.25) is 11.8 Å². The van der Waals surface area contributed by atoms with Crippen LogP contribution in [0.1, 0.15) is 5.89 Å². The van der Waals surface area contributed by atoms with Crippen LogP contribution in [-0.2, 0) is 6.54 Å². The summed E-state index contributed by atoms with van der Waals surface area (Å²) in [6.07, 6.45) is 0. The number of anilines is 1. The van der Waals surface area contributed by atoms with Gasteiger partial charge in [0.1, 0.15) is 6.54 Å². The molecular weight excluding hydrogens is 328 g/mol. The van der Waals surface area contributed by atoms with Gasteiger partial charge in [0.25, 0.3) is 0 Å². The molecule has 0 atom stereocenters. The summed E-state index contributed by atoms with van der Waals surface area (Å²) in [5.41, 5.74) is 1.50. The Balaban J connectivity index is 1.62. The maximum atomic E-state index is 12.2. The van der Waals surface area contributed by atoms with E-state index in [0.29, 0.717) is 22.5 Å². The highest BCUT2D eigenvalue weighted by molar-refractivity contribution is 6.30. The number of urea groups is 1. The molecule has 24 heavy (non-hydrogen) atoms. The topological polar surface area (TPSA) is 71.3 Å². The molecule has 0 radical (unpaired) electrons. The van der Waals surface area contributed by atoms with E-state index in [1.807, 2.05) is 30.3 Å². The number of hydrogen-bond donors (Lipinski definition) is 1. The van der Waals surface area contributed by atoms with Crippen molar-refractivity contribution in [3.8, 4) is 11.5 Å². The zero-order valence-electron chi connectivity index (χ0n) is 12.9. The molecule has 0 aliphatic heterocycles. The van der Waals surface area contributed by atoms with Crippen LogP contribution in [0.2, 0.25) is 5.02 Å². The minimum absolute atomic E-state index is 0.208. The first kappa shape index (κ1) is 16.0. The van der Waals surface area contributed by atoms with Gasteiger partial charge in [0, 0.05) is 23.3 Å². The molecular formula is C17H15ClN4O2. The molecule has 1 heterocycles. The number of carbonyl (C=O) groups excluding carboxylic acids is 1.